The molecule has 2 rings (SSSR count). The highest BCUT2D eigenvalue weighted by atomic mass is 16.2. The topological polar surface area (TPSA) is 33.2 Å². The lowest BCUT2D eigenvalue weighted by Crippen LogP contribution is -2.49. The summed E-state index contributed by atoms with van der Waals surface area (Å²) in [5.74, 6) is 3.08. The van der Waals surface area contributed by atoms with E-state index in [0.717, 1.165) is 19.5 Å². The highest BCUT2D eigenvalue weighted by Gasteiger charge is 2.30. The van der Waals surface area contributed by atoms with Gasteiger partial charge < -0.3 is 4.90 Å². The lowest BCUT2D eigenvalue weighted by Gasteiger charge is -2.38. The molecule has 82 valence electrons. The van der Waals surface area contributed by atoms with Crippen LogP contribution >= 0.6 is 0 Å². The smallest absolute Gasteiger partial charge is 0.272 e. The Balaban J connectivity index is 2.08. The molecule has 0 atom stereocenters. The molecule has 1 saturated heterocycles. The van der Waals surface area contributed by atoms with Crippen molar-refractivity contribution in [3.05, 3.63) is 29.6 Å². The lowest BCUT2D eigenvalue weighted by atomic mass is 9.97. The van der Waals surface area contributed by atoms with Crippen molar-refractivity contribution >= 4 is 5.91 Å². The molecule has 1 fully saturated rings. The highest BCUT2D eigenvalue weighted by molar-refractivity contribution is 5.92. The Morgan fingerprint density at radius 2 is 2.38 bits per heavy atom. The molecule has 16 heavy (non-hydrogen) atoms. The van der Waals surface area contributed by atoms with Gasteiger partial charge in [-0.2, -0.15) is 0 Å². The van der Waals surface area contributed by atoms with Gasteiger partial charge in [0.05, 0.1) is 0 Å². The fourth-order valence-corrected chi connectivity index (χ4v) is 1.79. The minimum atomic E-state index is -0.0122. The van der Waals surface area contributed by atoms with Crippen LogP contribution in [0.4, 0.5) is 0 Å². The molecule has 0 N–H and O–H groups in total. The first kappa shape index (κ1) is 10.7. The van der Waals surface area contributed by atoms with Gasteiger partial charge in [-0.1, -0.05) is 18.9 Å². The maximum Gasteiger partial charge on any atom is 0.272 e. The van der Waals surface area contributed by atoms with Gasteiger partial charge in [-0.15, -0.1) is 6.42 Å². The first-order valence-corrected chi connectivity index (χ1v) is 5.47. The van der Waals surface area contributed by atoms with Crippen LogP contribution in [-0.2, 0) is 0 Å². The molecule has 0 unspecified atom stereocenters. The molecule has 0 radical (unpaired) electrons. The van der Waals surface area contributed by atoms with E-state index in [1.165, 1.54) is 0 Å². The van der Waals surface area contributed by atoms with Crippen LogP contribution in [0.5, 0.6) is 0 Å². The third-order valence-corrected chi connectivity index (χ3v) is 2.94. The second kappa shape index (κ2) is 4.36. The third kappa shape index (κ3) is 1.92. The molecular formula is C13H14N2O. The van der Waals surface area contributed by atoms with Crippen molar-refractivity contribution in [2.75, 3.05) is 13.1 Å². The summed E-state index contributed by atoms with van der Waals surface area (Å²) in [6.45, 7) is 3.83. The predicted octanol–water partition coefficient (Wildman–Crippen LogP) is 1.54. The maximum absolute atomic E-state index is 12.0. The number of hydrogen-bond donors (Lipinski definition) is 0. The standard InChI is InChI=1S/C13H14N2O/c1-3-10-8-15(9-10)13(16)12-7-5-6-11(4-2)14-12/h2,5-7,10H,3,8-9H2,1H3. The molecule has 0 spiro atoms. The summed E-state index contributed by atoms with van der Waals surface area (Å²) >= 11 is 0. The number of terminal acetylenes is 1. The summed E-state index contributed by atoms with van der Waals surface area (Å²) in [4.78, 5) is 17.9. The second-order valence-electron chi connectivity index (χ2n) is 4.04. The molecule has 1 amide bonds. The van der Waals surface area contributed by atoms with E-state index in [1.54, 1.807) is 18.2 Å². The summed E-state index contributed by atoms with van der Waals surface area (Å²) in [7, 11) is 0. The van der Waals surface area contributed by atoms with Crippen molar-refractivity contribution in [2.24, 2.45) is 5.92 Å². The fourth-order valence-electron chi connectivity index (χ4n) is 1.79. The Hall–Kier alpha value is -1.82. The summed E-state index contributed by atoms with van der Waals surface area (Å²) in [5.41, 5.74) is 0.961. The van der Waals surface area contributed by atoms with Gasteiger partial charge in [0.2, 0.25) is 0 Å². The Kier molecular flexibility index (Phi) is 2.91. The number of amides is 1. The summed E-state index contributed by atoms with van der Waals surface area (Å²) < 4.78 is 0. The zero-order chi connectivity index (χ0) is 11.5. The number of likely N-dealkylation sites (tertiary alicyclic amines) is 1. The van der Waals surface area contributed by atoms with Gasteiger partial charge in [-0.3, -0.25) is 4.79 Å². The van der Waals surface area contributed by atoms with Gasteiger partial charge in [-0.25, -0.2) is 4.98 Å². The third-order valence-electron chi connectivity index (χ3n) is 2.94. The van der Waals surface area contributed by atoms with E-state index >= 15 is 0 Å². The number of carbonyl (C=O) groups is 1. The lowest BCUT2D eigenvalue weighted by molar-refractivity contribution is 0.0488. The molecular weight excluding hydrogens is 200 g/mol. The van der Waals surface area contributed by atoms with Gasteiger partial charge >= 0.3 is 0 Å². The van der Waals surface area contributed by atoms with Crippen molar-refractivity contribution in [1.29, 1.82) is 0 Å². The van der Waals surface area contributed by atoms with E-state index in [-0.39, 0.29) is 5.91 Å². The van der Waals surface area contributed by atoms with Crippen molar-refractivity contribution in [2.45, 2.75) is 13.3 Å². The van der Waals surface area contributed by atoms with Gasteiger partial charge in [0, 0.05) is 13.1 Å². The summed E-state index contributed by atoms with van der Waals surface area (Å²) in [5, 5.41) is 0. The van der Waals surface area contributed by atoms with E-state index in [2.05, 4.69) is 17.8 Å². The monoisotopic (exact) mass is 214 g/mol. The van der Waals surface area contributed by atoms with Gasteiger partial charge in [0.15, 0.2) is 0 Å². The van der Waals surface area contributed by atoms with Crippen molar-refractivity contribution in [1.82, 2.24) is 9.88 Å². The molecule has 0 bridgehead atoms. The second-order valence-corrected chi connectivity index (χ2v) is 4.04. The van der Waals surface area contributed by atoms with E-state index in [0.29, 0.717) is 17.3 Å². The zero-order valence-corrected chi connectivity index (χ0v) is 9.31. The maximum atomic E-state index is 12.0. The molecule has 0 aliphatic carbocycles. The molecule has 0 saturated carbocycles. The molecule has 1 aromatic rings. The fraction of sp³-hybridized carbons (Fsp3) is 0.385. The minimum absolute atomic E-state index is 0.0122. The molecule has 3 heteroatoms. The molecule has 0 aromatic carbocycles. The minimum Gasteiger partial charge on any atom is -0.337 e. The van der Waals surface area contributed by atoms with Crippen molar-refractivity contribution in [3.8, 4) is 12.3 Å². The summed E-state index contributed by atoms with van der Waals surface area (Å²) in [6.07, 6.45) is 6.37. The largest absolute Gasteiger partial charge is 0.337 e. The Labute approximate surface area is 95.5 Å². The zero-order valence-electron chi connectivity index (χ0n) is 9.31. The summed E-state index contributed by atoms with van der Waals surface area (Å²) in [6, 6.07) is 5.21. The van der Waals surface area contributed by atoms with Crippen LogP contribution in [-0.4, -0.2) is 28.9 Å². The van der Waals surface area contributed by atoms with Crippen LogP contribution in [0.15, 0.2) is 18.2 Å². The van der Waals surface area contributed by atoms with E-state index in [9.17, 15) is 4.79 Å². The number of rotatable bonds is 2. The van der Waals surface area contributed by atoms with Gasteiger partial charge in [0.1, 0.15) is 11.4 Å². The molecule has 1 aromatic heterocycles. The van der Waals surface area contributed by atoms with Gasteiger partial charge in [-0.05, 0) is 24.5 Å². The van der Waals surface area contributed by atoms with E-state index in [1.807, 2.05) is 4.90 Å². The molecule has 3 nitrogen and oxygen atoms in total. The Morgan fingerprint density at radius 3 is 3.00 bits per heavy atom. The van der Waals surface area contributed by atoms with Crippen molar-refractivity contribution in [3.63, 3.8) is 0 Å². The highest BCUT2D eigenvalue weighted by Crippen LogP contribution is 2.20. The first-order chi connectivity index (χ1) is 7.74. The van der Waals surface area contributed by atoms with Crippen LogP contribution in [0.25, 0.3) is 0 Å². The SMILES string of the molecule is C#Cc1cccc(C(=O)N2CC(CC)C2)n1. The van der Waals surface area contributed by atoms with E-state index in [4.69, 9.17) is 6.42 Å². The normalized spacial score (nSPS) is 15.4. The van der Waals surface area contributed by atoms with Crippen molar-refractivity contribution < 1.29 is 4.79 Å². The number of pyridine rings is 1. The van der Waals surface area contributed by atoms with Crippen LogP contribution in [0.1, 0.15) is 29.5 Å². The van der Waals surface area contributed by atoms with E-state index < -0.39 is 0 Å². The number of nitrogens with zero attached hydrogens (tertiary/aromatic N) is 2. The average molecular weight is 214 g/mol. The van der Waals surface area contributed by atoms with Crippen LogP contribution in [0, 0.1) is 18.3 Å². The number of carbonyl (C=O) groups excluding carboxylic acids is 1. The number of hydrogen-bond acceptors (Lipinski definition) is 2. The first-order valence-electron chi connectivity index (χ1n) is 5.47. The molecule has 1 aliphatic heterocycles. The Morgan fingerprint density at radius 1 is 1.62 bits per heavy atom. The van der Waals surface area contributed by atoms with Crippen LogP contribution < -0.4 is 0 Å². The predicted molar refractivity (Wildman–Crippen MR) is 61.9 cm³/mol. The molecule has 2 heterocycles. The van der Waals surface area contributed by atoms with Crippen LogP contribution in [0.2, 0.25) is 0 Å². The van der Waals surface area contributed by atoms with Gasteiger partial charge in [0.25, 0.3) is 5.91 Å². The average Bonchev–Trinajstić information content (AvgIpc) is 2.27. The quantitative estimate of drug-likeness (QED) is 0.700. The molecule has 1 aliphatic rings. The number of aromatic nitrogens is 1. The Bertz CT molecular complexity index is 441. The van der Waals surface area contributed by atoms with Crippen LogP contribution in [0.3, 0.4) is 0 Å².